The van der Waals surface area contributed by atoms with Gasteiger partial charge in [-0.05, 0) is 32.5 Å². The van der Waals surface area contributed by atoms with Crippen LogP contribution in [0.4, 0.5) is 0 Å². The van der Waals surface area contributed by atoms with Crippen molar-refractivity contribution in [2.75, 3.05) is 0 Å². The second kappa shape index (κ2) is 9.04. The van der Waals surface area contributed by atoms with E-state index in [-0.39, 0.29) is 0 Å². The minimum atomic E-state index is -2.70. The van der Waals surface area contributed by atoms with Crippen LogP contribution in [0.3, 0.4) is 0 Å². The normalized spacial score (nSPS) is 12.0. The molecule has 1 nitrogen and oxygen atoms in total. The molecular formula is C22H29OP. The van der Waals surface area contributed by atoms with Crippen LogP contribution in [0.15, 0.2) is 60.4 Å². The van der Waals surface area contributed by atoms with E-state index in [1.165, 1.54) is 36.8 Å². The van der Waals surface area contributed by atoms with Crippen LogP contribution in [0, 0.1) is 13.8 Å². The van der Waals surface area contributed by atoms with Crippen LogP contribution in [-0.2, 0) is 4.57 Å². The van der Waals surface area contributed by atoms with E-state index in [1.54, 1.807) is 0 Å². The van der Waals surface area contributed by atoms with Crippen molar-refractivity contribution in [2.24, 2.45) is 0 Å². The number of benzene rings is 2. The van der Waals surface area contributed by atoms with Crippen molar-refractivity contribution in [3.05, 3.63) is 71.6 Å². The maximum absolute atomic E-state index is 13.8. The molecule has 0 radical (unpaired) electrons. The molecule has 0 saturated carbocycles. The molecule has 0 saturated heterocycles. The van der Waals surface area contributed by atoms with Gasteiger partial charge < -0.3 is 4.57 Å². The van der Waals surface area contributed by atoms with Gasteiger partial charge in [0, 0.05) is 10.6 Å². The zero-order valence-corrected chi connectivity index (χ0v) is 16.1. The van der Waals surface area contributed by atoms with E-state index in [4.69, 9.17) is 0 Å². The van der Waals surface area contributed by atoms with E-state index in [2.05, 4.69) is 26.8 Å². The zero-order chi connectivity index (χ0) is 17.4. The summed E-state index contributed by atoms with van der Waals surface area (Å²) in [6.07, 6.45) is 8.07. The SMILES string of the molecule is CCCCCC/C=C/P(=O)(c1ccc(C)cc1)c1ccc(C)cc1. The Morgan fingerprint density at radius 2 is 1.29 bits per heavy atom. The molecule has 2 aromatic carbocycles. The van der Waals surface area contributed by atoms with E-state index < -0.39 is 7.14 Å². The van der Waals surface area contributed by atoms with Crippen molar-refractivity contribution in [1.29, 1.82) is 0 Å². The van der Waals surface area contributed by atoms with Crippen LogP contribution < -0.4 is 10.6 Å². The molecule has 0 aliphatic carbocycles. The van der Waals surface area contributed by atoms with Crippen molar-refractivity contribution in [3.63, 3.8) is 0 Å². The molecule has 0 N–H and O–H groups in total. The monoisotopic (exact) mass is 340 g/mol. The molecule has 0 bridgehead atoms. The van der Waals surface area contributed by atoms with Crippen molar-refractivity contribution in [3.8, 4) is 0 Å². The Hall–Kier alpha value is -1.59. The molecule has 0 fully saturated rings. The topological polar surface area (TPSA) is 17.1 Å². The highest BCUT2D eigenvalue weighted by molar-refractivity contribution is 7.81. The van der Waals surface area contributed by atoms with Crippen LogP contribution in [0.25, 0.3) is 0 Å². The molecule has 0 heterocycles. The van der Waals surface area contributed by atoms with Gasteiger partial charge in [-0.2, -0.15) is 0 Å². The van der Waals surface area contributed by atoms with Crippen molar-refractivity contribution < 1.29 is 4.57 Å². The van der Waals surface area contributed by atoms with Gasteiger partial charge in [0.1, 0.15) is 0 Å². The van der Waals surface area contributed by atoms with Gasteiger partial charge >= 0.3 is 0 Å². The predicted molar refractivity (Wildman–Crippen MR) is 107 cm³/mol. The molecule has 24 heavy (non-hydrogen) atoms. The van der Waals surface area contributed by atoms with E-state index >= 15 is 0 Å². The molecule has 2 aromatic rings. The molecule has 0 atom stereocenters. The lowest BCUT2D eigenvalue weighted by atomic mass is 10.2. The van der Waals surface area contributed by atoms with Crippen molar-refractivity contribution in [2.45, 2.75) is 52.9 Å². The Morgan fingerprint density at radius 1 is 0.792 bits per heavy atom. The number of rotatable bonds is 8. The standard InChI is InChI=1S/C22H29OP/c1-4-5-6-7-8-9-18-24(23,21-14-10-19(2)11-15-21)22-16-12-20(3)13-17-22/h9-18H,4-8H2,1-3H3/b18-9+. The fourth-order valence-corrected chi connectivity index (χ4v) is 5.04. The van der Waals surface area contributed by atoms with E-state index in [0.29, 0.717) is 0 Å². The number of allylic oxidation sites excluding steroid dienone is 1. The minimum Gasteiger partial charge on any atom is -0.309 e. The Balaban J connectivity index is 2.27. The van der Waals surface area contributed by atoms with Gasteiger partial charge in [0.2, 0.25) is 0 Å². The summed E-state index contributed by atoms with van der Waals surface area (Å²) in [5, 5.41) is 1.84. The predicted octanol–water partition coefficient (Wildman–Crippen LogP) is 6.10. The molecule has 0 amide bonds. The lowest BCUT2D eigenvalue weighted by Gasteiger charge is -2.16. The Kier molecular flexibility index (Phi) is 7.06. The molecule has 0 unspecified atom stereocenters. The maximum atomic E-state index is 13.8. The average molecular weight is 340 g/mol. The third-order valence-corrected chi connectivity index (χ3v) is 7.14. The summed E-state index contributed by atoms with van der Waals surface area (Å²) in [6.45, 7) is 6.34. The van der Waals surface area contributed by atoms with Crippen molar-refractivity contribution in [1.82, 2.24) is 0 Å². The van der Waals surface area contributed by atoms with Crippen LogP contribution >= 0.6 is 7.14 Å². The van der Waals surface area contributed by atoms with Gasteiger partial charge in [0.25, 0.3) is 0 Å². The Labute approximate surface area is 147 Å². The summed E-state index contributed by atoms with van der Waals surface area (Å²) in [7, 11) is -2.70. The van der Waals surface area contributed by atoms with Gasteiger partial charge in [-0.25, -0.2) is 0 Å². The van der Waals surface area contributed by atoms with E-state index in [9.17, 15) is 4.57 Å². The Bertz CT molecular complexity index is 646. The first-order valence-corrected chi connectivity index (χ1v) is 10.8. The summed E-state index contributed by atoms with van der Waals surface area (Å²) in [4.78, 5) is 0. The molecule has 0 aliphatic rings. The summed E-state index contributed by atoms with van der Waals surface area (Å²) in [5.41, 5.74) is 2.38. The highest BCUT2D eigenvalue weighted by Crippen LogP contribution is 2.45. The minimum absolute atomic E-state index is 0.918. The second-order valence-corrected chi connectivity index (χ2v) is 9.21. The fourth-order valence-electron chi connectivity index (χ4n) is 2.77. The number of unbranched alkanes of at least 4 members (excludes halogenated alkanes) is 4. The molecular weight excluding hydrogens is 311 g/mol. The third-order valence-electron chi connectivity index (χ3n) is 4.37. The van der Waals surface area contributed by atoms with Crippen LogP contribution in [0.5, 0.6) is 0 Å². The number of hydrogen-bond acceptors (Lipinski definition) is 1. The molecule has 0 aromatic heterocycles. The zero-order valence-electron chi connectivity index (χ0n) is 15.2. The lowest BCUT2D eigenvalue weighted by Crippen LogP contribution is -2.14. The molecule has 2 rings (SSSR count). The molecule has 0 aliphatic heterocycles. The summed E-state index contributed by atoms with van der Waals surface area (Å²) in [6, 6.07) is 16.2. The van der Waals surface area contributed by atoms with Crippen LogP contribution in [0.1, 0.15) is 50.2 Å². The largest absolute Gasteiger partial charge is 0.309 e. The average Bonchev–Trinajstić information content (AvgIpc) is 2.59. The summed E-state index contributed by atoms with van der Waals surface area (Å²) in [5.74, 6) is 1.97. The maximum Gasteiger partial charge on any atom is 0.163 e. The van der Waals surface area contributed by atoms with E-state index in [0.717, 1.165) is 17.0 Å². The van der Waals surface area contributed by atoms with Crippen molar-refractivity contribution >= 4 is 17.8 Å². The first kappa shape index (κ1) is 18.7. The second-order valence-electron chi connectivity index (χ2n) is 6.56. The van der Waals surface area contributed by atoms with Gasteiger partial charge in [-0.3, -0.25) is 0 Å². The first-order valence-electron chi connectivity index (χ1n) is 8.98. The smallest absolute Gasteiger partial charge is 0.163 e. The van der Waals surface area contributed by atoms with Gasteiger partial charge in [-0.1, -0.05) is 91.9 Å². The fraction of sp³-hybridized carbons (Fsp3) is 0.364. The summed E-state index contributed by atoms with van der Waals surface area (Å²) < 4.78 is 13.8. The third kappa shape index (κ3) is 4.95. The van der Waals surface area contributed by atoms with E-state index in [1.807, 2.05) is 54.3 Å². The van der Waals surface area contributed by atoms with Crippen LogP contribution in [0.2, 0.25) is 0 Å². The van der Waals surface area contributed by atoms with Crippen LogP contribution in [-0.4, -0.2) is 0 Å². The lowest BCUT2D eigenvalue weighted by molar-refractivity contribution is 0.592. The molecule has 0 spiro atoms. The molecule has 2 heteroatoms. The number of hydrogen-bond donors (Lipinski definition) is 0. The Morgan fingerprint density at radius 3 is 1.75 bits per heavy atom. The van der Waals surface area contributed by atoms with Gasteiger partial charge in [-0.15, -0.1) is 0 Å². The highest BCUT2D eigenvalue weighted by Gasteiger charge is 2.23. The van der Waals surface area contributed by atoms with Gasteiger partial charge in [0.05, 0.1) is 0 Å². The summed E-state index contributed by atoms with van der Waals surface area (Å²) >= 11 is 0. The quantitative estimate of drug-likeness (QED) is 0.419. The molecule has 128 valence electrons. The van der Waals surface area contributed by atoms with Gasteiger partial charge in [0.15, 0.2) is 7.14 Å². The first-order chi connectivity index (χ1) is 11.6. The number of aryl methyl sites for hydroxylation is 2. The highest BCUT2D eigenvalue weighted by atomic mass is 31.2.